The van der Waals surface area contributed by atoms with E-state index in [0.717, 1.165) is 71.0 Å². The van der Waals surface area contributed by atoms with Crippen LogP contribution in [0.5, 0.6) is 0 Å². The maximum Gasteiger partial charge on any atom is 0.191 e. The van der Waals surface area contributed by atoms with Crippen molar-refractivity contribution >= 4 is 29.9 Å². The first-order valence-corrected chi connectivity index (χ1v) is 11.0. The van der Waals surface area contributed by atoms with Crippen LogP contribution >= 0.6 is 24.0 Å². The van der Waals surface area contributed by atoms with Gasteiger partial charge in [-0.15, -0.1) is 24.0 Å². The number of halogens is 1. The fourth-order valence-electron chi connectivity index (χ4n) is 4.03. The van der Waals surface area contributed by atoms with Crippen LogP contribution in [0.15, 0.2) is 35.3 Å². The van der Waals surface area contributed by atoms with E-state index in [9.17, 15) is 0 Å². The third kappa shape index (κ3) is 8.06. The molecule has 2 rings (SSSR count). The van der Waals surface area contributed by atoms with Crippen LogP contribution in [0.25, 0.3) is 0 Å². The summed E-state index contributed by atoms with van der Waals surface area (Å²) < 4.78 is 5.20. The molecule has 166 valence electrons. The lowest BCUT2D eigenvalue weighted by Gasteiger charge is -2.34. The van der Waals surface area contributed by atoms with Gasteiger partial charge in [0.2, 0.25) is 0 Å². The molecule has 2 N–H and O–H groups in total. The number of aliphatic imine (C=N–C) groups is 1. The normalized spacial score (nSPS) is 16.3. The van der Waals surface area contributed by atoms with Crippen LogP contribution in [-0.2, 0) is 10.2 Å². The Bertz CT molecular complexity index is 570. The van der Waals surface area contributed by atoms with E-state index < -0.39 is 0 Å². The maximum absolute atomic E-state index is 5.20. The summed E-state index contributed by atoms with van der Waals surface area (Å²) in [4.78, 5) is 7.51. The highest BCUT2D eigenvalue weighted by Crippen LogP contribution is 2.32. The van der Waals surface area contributed by atoms with E-state index in [1.54, 1.807) is 7.11 Å². The highest BCUT2D eigenvalue weighted by Gasteiger charge is 2.28. The summed E-state index contributed by atoms with van der Waals surface area (Å²) in [6, 6.07) is 11.4. The molecule has 1 aromatic rings. The highest BCUT2D eigenvalue weighted by atomic mass is 127. The molecular formula is C23H41IN4O. The summed E-state index contributed by atoms with van der Waals surface area (Å²) >= 11 is 0. The van der Waals surface area contributed by atoms with E-state index in [1.165, 1.54) is 5.56 Å². The predicted molar refractivity (Wildman–Crippen MR) is 135 cm³/mol. The second-order valence-corrected chi connectivity index (χ2v) is 7.80. The Balaban J connectivity index is 0.00000420. The lowest BCUT2D eigenvalue weighted by atomic mass is 9.76. The number of hydrogen-bond donors (Lipinski definition) is 2. The molecule has 0 bridgehead atoms. The van der Waals surface area contributed by atoms with Gasteiger partial charge in [0.25, 0.3) is 0 Å². The van der Waals surface area contributed by atoms with Crippen LogP contribution < -0.4 is 10.6 Å². The predicted octanol–water partition coefficient (Wildman–Crippen LogP) is 4.03. The van der Waals surface area contributed by atoms with Gasteiger partial charge in [-0.1, -0.05) is 44.2 Å². The van der Waals surface area contributed by atoms with Crippen molar-refractivity contribution in [2.75, 3.05) is 46.4 Å². The van der Waals surface area contributed by atoms with Crippen LogP contribution in [0.3, 0.4) is 0 Å². The van der Waals surface area contributed by atoms with Gasteiger partial charge in [-0.25, -0.2) is 0 Å². The van der Waals surface area contributed by atoms with Crippen molar-refractivity contribution in [1.82, 2.24) is 15.5 Å². The largest absolute Gasteiger partial charge is 0.383 e. The fraction of sp³-hybridized carbons (Fsp3) is 0.696. The zero-order chi connectivity index (χ0) is 20.2. The van der Waals surface area contributed by atoms with Gasteiger partial charge in [0.1, 0.15) is 0 Å². The van der Waals surface area contributed by atoms with Gasteiger partial charge in [0, 0.05) is 44.7 Å². The maximum atomic E-state index is 5.20. The Kier molecular flexibility index (Phi) is 12.8. The molecule has 1 fully saturated rings. The minimum absolute atomic E-state index is 0. The number of piperidine rings is 1. The highest BCUT2D eigenvalue weighted by molar-refractivity contribution is 14.0. The fourth-order valence-corrected chi connectivity index (χ4v) is 4.03. The number of likely N-dealkylation sites (tertiary alicyclic amines) is 1. The average molecular weight is 517 g/mol. The quantitative estimate of drug-likeness (QED) is 0.280. The molecule has 1 aromatic carbocycles. The molecule has 1 saturated heterocycles. The van der Waals surface area contributed by atoms with Gasteiger partial charge in [-0.3, -0.25) is 4.99 Å². The molecule has 0 unspecified atom stereocenters. The van der Waals surface area contributed by atoms with Crippen LogP contribution in [-0.4, -0.2) is 63.3 Å². The van der Waals surface area contributed by atoms with Crippen molar-refractivity contribution in [2.24, 2.45) is 4.99 Å². The van der Waals surface area contributed by atoms with Crippen molar-refractivity contribution in [1.29, 1.82) is 0 Å². The molecule has 0 saturated carbocycles. The molecular weight excluding hydrogens is 475 g/mol. The smallest absolute Gasteiger partial charge is 0.191 e. The summed E-state index contributed by atoms with van der Waals surface area (Å²) in [5.74, 6) is 0.958. The van der Waals surface area contributed by atoms with Gasteiger partial charge >= 0.3 is 0 Å². The van der Waals surface area contributed by atoms with E-state index >= 15 is 0 Å². The van der Waals surface area contributed by atoms with Crippen molar-refractivity contribution in [3.05, 3.63) is 35.9 Å². The first-order valence-electron chi connectivity index (χ1n) is 11.0. The molecule has 29 heavy (non-hydrogen) atoms. The molecule has 6 heteroatoms. The van der Waals surface area contributed by atoms with Crippen molar-refractivity contribution in [2.45, 2.75) is 57.9 Å². The van der Waals surface area contributed by atoms with Crippen molar-refractivity contribution in [3.63, 3.8) is 0 Å². The third-order valence-corrected chi connectivity index (χ3v) is 6.16. The molecule has 0 aliphatic carbocycles. The summed E-state index contributed by atoms with van der Waals surface area (Å²) in [6.45, 7) is 12.5. The number of nitrogens with zero attached hydrogens (tertiary/aromatic N) is 2. The lowest BCUT2D eigenvalue weighted by Crippen LogP contribution is -2.49. The molecule has 1 heterocycles. The molecule has 0 atom stereocenters. The summed E-state index contributed by atoms with van der Waals surface area (Å²) in [5.41, 5.74) is 1.50. The molecule has 1 aliphatic heterocycles. The molecule has 0 spiro atoms. The minimum Gasteiger partial charge on any atom is -0.383 e. The lowest BCUT2D eigenvalue weighted by molar-refractivity contribution is 0.128. The van der Waals surface area contributed by atoms with E-state index in [0.29, 0.717) is 6.04 Å². The number of guanidine groups is 1. The second kappa shape index (κ2) is 14.2. The van der Waals surface area contributed by atoms with E-state index in [2.05, 4.69) is 66.6 Å². The topological polar surface area (TPSA) is 48.9 Å². The van der Waals surface area contributed by atoms with Crippen LogP contribution in [0.2, 0.25) is 0 Å². The van der Waals surface area contributed by atoms with Crippen LogP contribution in [0, 0.1) is 0 Å². The molecule has 1 aliphatic rings. The summed E-state index contributed by atoms with van der Waals surface area (Å²) in [5, 5.41) is 7.14. The van der Waals surface area contributed by atoms with Gasteiger partial charge in [0.15, 0.2) is 5.96 Å². The van der Waals surface area contributed by atoms with E-state index in [-0.39, 0.29) is 29.4 Å². The third-order valence-electron chi connectivity index (χ3n) is 6.16. The van der Waals surface area contributed by atoms with Crippen molar-refractivity contribution < 1.29 is 4.74 Å². The monoisotopic (exact) mass is 516 g/mol. The standard InChI is InChI=1S/C23H40N4O.HI/c1-5-23(6-2,20-11-9-8-10-12-20)19-25-22(24-7-3)26-21-13-15-27(16-14-21)17-18-28-4;/h8-12,21H,5-7,13-19H2,1-4H3,(H2,24,25,26);1H. The number of rotatable bonds is 10. The minimum atomic E-state index is 0. The van der Waals surface area contributed by atoms with Crippen molar-refractivity contribution in [3.8, 4) is 0 Å². The number of ether oxygens (including phenoxy) is 1. The number of nitrogens with one attached hydrogen (secondary N) is 2. The molecule has 5 nitrogen and oxygen atoms in total. The first kappa shape index (κ1) is 26.2. The SMILES string of the molecule is CCNC(=NCC(CC)(CC)c1ccccc1)NC1CCN(CCOC)CC1.I. The second-order valence-electron chi connectivity index (χ2n) is 7.80. The van der Waals surface area contributed by atoms with Gasteiger partial charge in [-0.2, -0.15) is 0 Å². The summed E-state index contributed by atoms with van der Waals surface area (Å²) in [6.07, 6.45) is 4.49. The van der Waals surface area contributed by atoms with Gasteiger partial charge in [-0.05, 0) is 38.2 Å². The average Bonchev–Trinajstić information content (AvgIpc) is 2.75. The Labute approximate surface area is 195 Å². The number of methoxy groups -OCH3 is 1. The number of benzene rings is 1. The Hall–Kier alpha value is -0.860. The molecule has 0 radical (unpaired) electrons. The number of hydrogen-bond acceptors (Lipinski definition) is 3. The zero-order valence-electron chi connectivity index (χ0n) is 18.7. The Morgan fingerprint density at radius 1 is 1.14 bits per heavy atom. The van der Waals surface area contributed by atoms with Gasteiger partial charge < -0.3 is 20.3 Å². The van der Waals surface area contributed by atoms with Crippen LogP contribution in [0.1, 0.15) is 52.0 Å². The molecule has 0 aromatic heterocycles. The van der Waals surface area contributed by atoms with Gasteiger partial charge in [0.05, 0.1) is 13.2 Å². The first-order chi connectivity index (χ1) is 13.7. The Morgan fingerprint density at radius 2 is 1.79 bits per heavy atom. The summed E-state index contributed by atoms with van der Waals surface area (Å²) in [7, 11) is 1.77. The van der Waals surface area contributed by atoms with Crippen LogP contribution in [0.4, 0.5) is 0 Å². The Morgan fingerprint density at radius 3 is 2.34 bits per heavy atom. The van der Waals surface area contributed by atoms with E-state index in [1.807, 2.05) is 0 Å². The zero-order valence-corrected chi connectivity index (χ0v) is 21.1. The van der Waals surface area contributed by atoms with E-state index in [4.69, 9.17) is 9.73 Å². The molecule has 0 amide bonds.